The molecule has 0 fully saturated rings. The van der Waals surface area contributed by atoms with Gasteiger partial charge in [-0.05, 0) is 30.5 Å². The average molecular weight is 381 g/mol. The third-order valence-corrected chi connectivity index (χ3v) is 5.84. The van der Waals surface area contributed by atoms with Gasteiger partial charge in [-0.15, -0.1) is 11.3 Å². The number of aromatic nitrogens is 1. The molecule has 2 N–H and O–H groups in total. The SMILES string of the molecule is COCCNc1sc2cnccc2c1C(=O)c1ccc2c(c1)CCC2=NO. The van der Waals surface area contributed by atoms with Crippen LogP contribution in [0.15, 0.2) is 41.8 Å². The number of carbonyl (C=O) groups excluding carboxylic acids is 1. The first kappa shape index (κ1) is 17.6. The third-order valence-electron chi connectivity index (χ3n) is 4.74. The molecule has 0 bridgehead atoms. The highest BCUT2D eigenvalue weighted by Gasteiger charge is 2.24. The van der Waals surface area contributed by atoms with Gasteiger partial charge in [0.05, 0.1) is 22.6 Å². The van der Waals surface area contributed by atoms with Gasteiger partial charge in [0.15, 0.2) is 5.78 Å². The lowest BCUT2D eigenvalue weighted by Crippen LogP contribution is -2.10. The summed E-state index contributed by atoms with van der Waals surface area (Å²) >= 11 is 1.52. The second kappa shape index (κ2) is 7.46. The number of nitrogens with zero attached hydrogens (tertiary/aromatic N) is 2. The molecule has 0 radical (unpaired) electrons. The highest BCUT2D eigenvalue weighted by Crippen LogP contribution is 2.37. The molecule has 4 rings (SSSR count). The number of nitrogens with one attached hydrogen (secondary N) is 1. The van der Waals surface area contributed by atoms with Crippen molar-refractivity contribution in [1.29, 1.82) is 0 Å². The number of fused-ring (bicyclic) bond motifs is 2. The predicted molar refractivity (Wildman–Crippen MR) is 107 cm³/mol. The molecule has 0 spiro atoms. The Morgan fingerprint density at radius 3 is 3.07 bits per heavy atom. The number of anilines is 1. The molecule has 0 saturated heterocycles. The maximum absolute atomic E-state index is 13.4. The number of ketones is 1. The van der Waals surface area contributed by atoms with Crippen LogP contribution in [-0.4, -0.2) is 41.9 Å². The van der Waals surface area contributed by atoms with E-state index in [4.69, 9.17) is 9.94 Å². The van der Waals surface area contributed by atoms with Crippen LogP contribution in [0.2, 0.25) is 0 Å². The molecule has 0 amide bonds. The molecule has 2 aromatic heterocycles. The van der Waals surface area contributed by atoms with Crippen LogP contribution in [0, 0.1) is 0 Å². The van der Waals surface area contributed by atoms with Crippen LogP contribution in [0.1, 0.15) is 33.5 Å². The molecule has 27 heavy (non-hydrogen) atoms. The van der Waals surface area contributed by atoms with Crippen molar-refractivity contribution in [3.63, 3.8) is 0 Å². The first-order chi connectivity index (χ1) is 13.2. The lowest BCUT2D eigenvalue weighted by Gasteiger charge is -2.08. The zero-order valence-corrected chi connectivity index (χ0v) is 15.7. The summed E-state index contributed by atoms with van der Waals surface area (Å²) in [7, 11) is 1.65. The molecule has 0 saturated carbocycles. The van der Waals surface area contributed by atoms with Gasteiger partial charge in [0.2, 0.25) is 0 Å². The summed E-state index contributed by atoms with van der Waals surface area (Å²) in [6.45, 7) is 1.18. The molecule has 2 heterocycles. The van der Waals surface area contributed by atoms with E-state index in [0.717, 1.165) is 32.6 Å². The van der Waals surface area contributed by atoms with Crippen LogP contribution in [-0.2, 0) is 11.2 Å². The number of carbonyl (C=O) groups is 1. The fraction of sp³-hybridized carbons (Fsp3) is 0.250. The fourth-order valence-electron chi connectivity index (χ4n) is 3.43. The van der Waals surface area contributed by atoms with Gasteiger partial charge in [-0.25, -0.2) is 0 Å². The van der Waals surface area contributed by atoms with E-state index >= 15 is 0 Å². The Labute approximate surface area is 160 Å². The Kier molecular flexibility index (Phi) is 4.87. The van der Waals surface area contributed by atoms with E-state index in [-0.39, 0.29) is 5.78 Å². The minimum Gasteiger partial charge on any atom is -0.411 e. The zero-order chi connectivity index (χ0) is 18.8. The number of aryl methyl sites for hydroxylation is 1. The first-order valence-electron chi connectivity index (χ1n) is 8.71. The van der Waals surface area contributed by atoms with E-state index in [1.54, 1.807) is 25.6 Å². The lowest BCUT2D eigenvalue weighted by molar-refractivity contribution is 0.104. The van der Waals surface area contributed by atoms with Crippen molar-refractivity contribution in [3.8, 4) is 0 Å². The van der Waals surface area contributed by atoms with Gasteiger partial charge >= 0.3 is 0 Å². The van der Waals surface area contributed by atoms with Crippen LogP contribution >= 0.6 is 11.3 Å². The average Bonchev–Trinajstić information content (AvgIpc) is 3.27. The molecule has 1 aliphatic rings. The number of pyridine rings is 1. The lowest BCUT2D eigenvalue weighted by atomic mass is 9.98. The zero-order valence-electron chi connectivity index (χ0n) is 14.9. The molecule has 6 nitrogen and oxygen atoms in total. The summed E-state index contributed by atoms with van der Waals surface area (Å²) < 4.78 is 6.08. The number of hydrogen-bond acceptors (Lipinski definition) is 7. The minimum atomic E-state index is -0.0236. The number of hydrogen-bond donors (Lipinski definition) is 2. The normalized spacial score (nSPS) is 14.6. The standard InChI is InChI=1S/C20H19N3O3S/c1-26-9-8-22-20-18(15-6-7-21-11-17(15)27-20)19(24)13-2-4-14-12(10-13)3-5-16(14)23-25/h2,4,6-7,10-11,22,25H,3,5,8-9H2,1H3. The molecule has 0 aliphatic heterocycles. The number of methoxy groups -OCH3 is 1. The van der Waals surface area contributed by atoms with Crippen molar-refractivity contribution >= 4 is 37.9 Å². The Balaban J connectivity index is 1.75. The highest BCUT2D eigenvalue weighted by atomic mass is 32.1. The van der Waals surface area contributed by atoms with Crippen LogP contribution in [0.4, 0.5) is 5.00 Å². The van der Waals surface area contributed by atoms with E-state index in [0.29, 0.717) is 36.4 Å². The van der Waals surface area contributed by atoms with E-state index in [1.807, 2.05) is 18.2 Å². The summed E-state index contributed by atoms with van der Waals surface area (Å²) in [5.74, 6) is -0.0236. The van der Waals surface area contributed by atoms with Gasteiger partial charge < -0.3 is 15.3 Å². The maximum atomic E-state index is 13.4. The number of ether oxygens (including phenoxy) is 1. The van der Waals surface area contributed by atoms with Crippen molar-refractivity contribution in [1.82, 2.24) is 4.98 Å². The third kappa shape index (κ3) is 3.20. The van der Waals surface area contributed by atoms with Gasteiger partial charge in [0.25, 0.3) is 0 Å². The second-order valence-corrected chi connectivity index (χ2v) is 7.40. The van der Waals surface area contributed by atoms with Crippen LogP contribution in [0.5, 0.6) is 0 Å². The molecule has 1 aromatic carbocycles. The van der Waals surface area contributed by atoms with Crippen molar-refractivity contribution in [2.24, 2.45) is 5.16 Å². The van der Waals surface area contributed by atoms with Gasteiger partial charge in [0.1, 0.15) is 5.00 Å². The topological polar surface area (TPSA) is 83.8 Å². The van der Waals surface area contributed by atoms with Crippen molar-refractivity contribution in [2.45, 2.75) is 12.8 Å². The van der Waals surface area contributed by atoms with Crippen molar-refractivity contribution < 1.29 is 14.7 Å². The Morgan fingerprint density at radius 1 is 1.37 bits per heavy atom. The van der Waals surface area contributed by atoms with Crippen molar-refractivity contribution in [3.05, 3.63) is 58.9 Å². The van der Waals surface area contributed by atoms with Gasteiger partial charge in [-0.2, -0.15) is 0 Å². The smallest absolute Gasteiger partial charge is 0.196 e. The summed E-state index contributed by atoms with van der Waals surface area (Å²) in [6, 6.07) is 7.48. The van der Waals surface area contributed by atoms with Crippen LogP contribution < -0.4 is 5.32 Å². The highest BCUT2D eigenvalue weighted by molar-refractivity contribution is 7.23. The maximum Gasteiger partial charge on any atom is 0.196 e. The Bertz CT molecular complexity index is 1040. The second-order valence-electron chi connectivity index (χ2n) is 6.35. The summed E-state index contributed by atoms with van der Waals surface area (Å²) in [6.07, 6.45) is 4.96. The largest absolute Gasteiger partial charge is 0.411 e. The van der Waals surface area contributed by atoms with E-state index < -0.39 is 0 Å². The van der Waals surface area contributed by atoms with Gasteiger partial charge in [-0.3, -0.25) is 9.78 Å². The molecule has 138 valence electrons. The summed E-state index contributed by atoms with van der Waals surface area (Å²) in [4.78, 5) is 17.5. The molecule has 7 heteroatoms. The molecular weight excluding hydrogens is 362 g/mol. The van der Waals surface area contributed by atoms with Gasteiger partial charge in [0, 0.05) is 42.6 Å². The number of oxime groups is 1. The molecule has 3 aromatic rings. The van der Waals surface area contributed by atoms with E-state index in [9.17, 15) is 4.79 Å². The Morgan fingerprint density at radius 2 is 2.26 bits per heavy atom. The van der Waals surface area contributed by atoms with E-state index in [1.165, 1.54) is 11.3 Å². The van der Waals surface area contributed by atoms with Gasteiger partial charge in [-0.1, -0.05) is 17.3 Å². The minimum absolute atomic E-state index is 0.0236. The molecule has 0 atom stereocenters. The number of thiophene rings is 1. The summed E-state index contributed by atoms with van der Waals surface area (Å²) in [5, 5.41) is 17.5. The predicted octanol–water partition coefficient (Wildman–Crippen LogP) is 3.71. The fourth-order valence-corrected chi connectivity index (χ4v) is 4.52. The number of benzene rings is 1. The summed E-state index contributed by atoms with van der Waals surface area (Å²) in [5.41, 5.74) is 3.95. The van der Waals surface area contributed by atoms with Crippen LogP contribution in [0.25, 0.3) is 10.1 Å². The van der Waals surface area contributed by atoms with Crippen molar-refractivity contribution in [2.75, 3.05) is 25.6 Å². The molecule has 1 aliphatic carbocycles. The van der Waals surface area contributed by atoms with Crippen LogP contribution in [0.3, 0.4) is 0 Å². The number of rotatable bonds is 6. The Hall–Kier alpha value is -2.77. The van der Waals surface area contributed by atoms with E-state index in [2.05, 4.69) is 15.5 Å². The first-order valence-corrected chi connectivity index (χ1v) is 9.53. The molecule has 0 unspecified atom stereocenters. The molecular formula is C20H19N3O3S. The monoisotopic (exact) mass is 381 g/mol. The quantitative estimate of drug-likeness (QED) is 0.294.